The minimum atomic E-state index is -0.756. The molecule has 33 heavy (non-hydrogen) atoms. The molecule has 0 saturated heterocycles. The number of carbonyl (C=O) groups excluding carboxylic acids is 1. The van der Waals surface area contributed by atoms with Crippen molar-refractivity contribution in [3.63, 3.8) is 0 Å². The van der Waals surface area contributed by atoms with Crippen molar-refractivity contribution in [1.82, 2.24) is 10.1 Å². The first-order chi connectivity index (χ1) is 16.0. The summed E-state index contributed by atoms with van der Waals surface area (Å²) in [6.45, 7) is 1.81. The van der Waals surface area contributed by atoms with Crippen molar-refractivity contribution in [1.29, 1.82) is 0 Å². The average molecular weight is 523 g/mol. The molecule has 0 aliphatic carbocycles. The zero-order valence-electron chi connectivity index (χ0n) is 17.9. The second-order valence-electron chi connectivity index (χ2n) is 7.41. The van der Waals surface area contributed by atoms with Gasteiger partial charge >= 0.3 is 6.17 Å². The third kappa shape index (κ3) is 3.71. The van der Waals surface area contributed by atoms with Crippen LogP contribution in [0.1, 0.15) is 25.3 Å². The molecule has 5 rings (SSSR count). The molecule has 0 saturated carbocycles. The van der Waals surface area contributed by atoms with Gasteiger partial charge in [0.15, 0.2) is 5.76 Å². The molecule has 0 bridgehead atoms. The van der Waals surface area contributed by atoms with Crippen LogP contribution in [0.25, 0.3) is 22.6 Å². The summed E-state index contributed by atoms with van der Waals surface area (Å²) in [5, 5.41) is 18.0. The first-order valence-electron chi connectivity index (χ1n) is 10.3. The smallest absolute Gasteiger partial charge is 0.325 e. The summed E-state index contributed by atoms with van der Waals surface area (Å²) in [5.74, 6) is 0.656. The van der Waals surface area contributed by atoms with Gasteiger partial charge in [0, 0.05) is 21.6 Å². The Bertz CT molecular complexity index is 1360. The number of benzene rings is 2. The Kier molecular flexibility index (Phi) is 5.67. The van der Waals surface area contributed by atoms with E-state index in [0.29, 0.717) is 33.6 Å². The Hall–Kier alpha value is -3.17. The van der Waals surface area contributed by atoms with E-state index < -0.39 is 12.0 Å². The van der Waals surface area contributed by atoms with E-state index >= 15 is 0 Å². The number of thioether (sulfide) groups is 1. The van der Waals surface area contributed by atoms with E-state index in [4.69, 9.17) is 4.42 Å². The summed E-state index contributed by atoms with van der Waals surface area (Å²) in [7, 11) is 0. The highest BCUT2D eigenvalue weighted by atomic mass is 79.9. The molecule has 0 radical (unpaired) electrons. The molecular weight excluding hydrogens is 504 g/mol. The molecule has 4 aromatic rings. The number of amides is 1. The first-order valence-corrected chi connectivity index (χ1v) is 12.4. The summed E-state index contributed by atoms with van der Waals surface area (Å²) in [6.07, 6.45) is 1.33. The Labute approximate surface area is 203 Å². The van der Waals surface area contributed by atoms with E-state index in [1.807, 2.05) is 67.6 Å². The van der Waals surface area contributed by atoms with E-state index in [2.05, 4.69) is 26.0 Å². The van der Waals surface area contributed by atoms with Gasteiger partial charge in [-0.2, -0.15) is 0 Å². The van der Waals surface area contributed by atoms with Gasteiger partial charge in [-0.15, -0.1) is 0 Å². The Morgan fingerprint density at radius 3 is 2.67 bits per heavy atom. The van der Waals surface area contributed by atoms with E-state index in [1.54, 1.807) is 15.8 Å². The normalized spacial score (nSPS) is 14.6. The predicted molar refractivity (Wildman–Crippen MR) is 127 cm³/mol. The summed E-state index contributed by atoms with van der Waals surface area (Å²) in [6, 6.07) is 18.8. The molecule has 1 atom stereocenters. The Morgan fingerprint density at radius 1 is 1.18 bits per heavy atom. The number of aromatic nitrogens is 3. The summed E-state index contributed by atoms with van der Waals surface area (Å²) in [5.41, 5.74) is 2.48. The van der Waals surface area contributed by atoms with Crippen molar-refractivity contribution in [2.45, 2.75) is 24.7 Å². The molecule has 7 nitrogen and oxygen atoms in total. The highest BCUT2D eigenvalue weighted by Gasteiger charge is 2.46. The second kappa shape index (κ2) is 8.64. The van der Waals surface area contributed by atoms with Gasteiger partial charge in [0.2, 0.25) is 5.91 Å². The van der Waals surface area contributed by atoms with Gasteiger partial charge in [-0.1, -0.05) is 58.9 Å². The van der Waals surface area contributed by atoms with Crippen molar-refractivity contribution < 1.29 is 19.0 Å². The number of fused-ring (bicyclic) bond motifs is 3. The molecule has 0 N–H and O–H groups in total. The maximum absolute atomic E-state index is 13.2. The molecule has 1 aliphatic heterocycles. The van der Waals surface area contributed by atoms with E-state index in [1.165, 1.54) is 11.8 Å². The summed E-state index contributed by atoms with van der Waals surface area (Å²) >= 11 is 4.72. The summed E-state index contributed by atoms with van der Waals surface area (Å²) in [4.78, 5) is 19.0. The maximum Gasteiger partial charge on any atom is 0.325 e. The van der Waals surface area contributed by atoms with Crippen LogP contribution >= 0.6 is 27.7 Å². The SMILES string of the molecule is CCC(=O)N1c2ccccc2-c2c([O-])nc(SC)n[n+]2C1c1ccc(-c2ccc(Br)cc2)o1. The van der Waals surface area contributed by atoms with Gasteiger partial charge in [0.1, 0.15) is 5.76 Å². The van der Waals surface area contributed by atoms with Gasteiger partial charge in [-0.3, -0.25) is 4.79 Å². The van der Waals surface area contributed by atoms with Crippen LogP contribution < -0.4 is 14.7 Å². The lowest BCUT2D eigenvalue weighted by Gasteiger charge is -2.32. The second-order valence-corrected chi connectivity index (χ2v) is 9.10. The van der Waals surface area contributed by atoms with Crippen LogP contribution in [0.3, 0.4) is 0 Å². The Balaban J connectivity index is 1.74. The number of anilines is 1. The number of furan rings is 1. The predicted octanol–water partition coefficient (Wildman–Crippen LogP) is 4.55. The average Bonchev–Trinajstić information content (AvgIpc) is 3.32. The van der Waals surface area contributed by atoms with Crippen LogP contribution in [-0.4, -0.2) is 22.2 Å². The molecule has 1 unspecified atom stereocenters. The molecule has 2 aromatic heterocycles. The molecule has 0 fully saturated rings. The monoisotopic (exact) mass is 522 g/mol. The maximum atomic E-state index is 13.2. The number of halogens is 1. The lowest BCUT2D eigenvalue weighted by atomic mass is 10.0. The fraction of sp³-hybridized carbons (Fsp3) is 0.167. The Morgan fingerprint density at radius 2 is 1.94 bits per heavy atom. The van der Waals surface area contributed by atoms with E-state index in [0.717, 1.165) is 10.0 Å². The van der Waals surface area contributed by atoms with Crippen LogP contribution in [0, 0.1) is 0 Å². The lowest BCUT2D eigenvalue weighted by molar-refractivity contribution is -0.765. The molecular formula is C24H19BrN4O3S. The minimum absolute atomic E-state index is 0.107. The van der Waals surface area contributed by atoms with Gasteiger partial charge in [-0.05, 0) is 47.3 Å². The number of hydrogen-bond acceptors (Lipinski definition) is 6. The van der Waals surface area contributed by atoms with E-state index in [9.17, 15) is 9.90 Å². The largest absolute Gasteiger partial charge is 0.854 e. The number of rotatable bonds is 4. The molecule has 2 aromatic carbocycles. The number of hydrogen-bond donors (Lipinski definition) is 0. The quantitative estimate of drug-likeness (QED) is 0.288. The van der Waals surface area contributed by atoms with Gasteiger partial charge in [0.25, 0.3) is 10.9 Å². The zero-order valence-corrected chi connectivity index (χ0v) is 20.3. The van der Waals surface area contributed by atoms with Crippen LogP contribution in [0.2, 0.25) is 0 Å². The number of carbonyl (C=O) groups is 1. The number of nitrogens with zero attached hydrogens (tertiary/aromatic N) is 4. The minimum Gasteiger partial charge on any atom is -0.854 e. The van der Waals surface area contributed by atoms with Crippen LogP contribution in [-0.2, 0) is 4.79 Å². The highest BCUT2D eigenvalue weighted by Crippen LogP contribution is 2.41. The van der Waals surface area contributed by atoms with Crippen molar-refractivity contribution in [2.75, 3.05) is 11.2 Å². The zero-order chi connectivity index (χ0) is 23.1. The van der Waals surface area contributed by atoms with Crippen LogP contribution in [0.15, 0.2) is 74.7 Å². The van der Waals surface area contributed by atoms with Gasteiger partial charge in [-0.25, -0.2) is 9.88 Å². The molecule has 3 heterocycles. The number of para-hydroxylation sites is 1. The third-order valence-electron chi connectivity index (χ3n) is 5.48. The third-order valence-corrected chi connectivity index (χ3v) is 6.55. The fourth-order valence-electron chi connectivity index (χ4n) is 3.98. The molecule has 9 heteroatoms. The van der Waals surface area contributed by atoms with Crippen molar-refractivity contribution in [2.24, 2.45) is 0 Å². The summed E-state index contributed by atoms with van der Waals surface area (Å²) < 4.78 is 8.80. The molecule has 166 valence electrons. The standard InChI is InChI=1S/C24H19BrN4O3S/c1-3-20(30)28-17-7-5-4-6-16(17)21-22(31)26-24(33-2)27-29(21)23(28)19-13-12-18(32-19)14-8-10-15(25)11-9-14/h4-13,23H,3H2,1-2H3. The first kappa shape index (κ1) is 21.7. The van der Waals surface area contributed by atoms with Crippen LogP contribution in [0.5, 0.6) is 5.88 Å². The fourth-order valence-corrected chi connectivity index (χ4v) is 4.59. The van der Waals surface area contributed by atoms with Crippen LogP contribution in [0.4, 0.5) is 5.69 Å². The molecule has 1 amide bonds. The van der Waals surface area contributed by atoms with Crippen molar-refractivity contribution in [3.05, 3.63) is 70.9 Å². The van der Waals surface area contributed by atoms with Crippen molar-refractivity contribution in [3.8, 4) is 28.5 Å². The highest BCUT2D eigenvalue weighted by molar-refractivity contribution is 9.10. The lowest BCUT2D eigenvalue weighted by Crippen LogP contribution is -2.59. The molecule has 0 spiro atoms. The topological polar surface area (TPSA) is 86.2 Å². The van der Waals surface area contributed by atoms with E-state index in [-0.39, 0.29) is 12.3 Å². The molecule has 1 aliphatic rings. The van der Waals surface area contributed by atoms with Gasteiger partial charge in [0.05, 0.1) is 17.1 Å². The van der Waals surface area contributed by atoms with Gasteiger partial charge < -0.3 is 9.52 Å². The van der Waals surface area contributed by atoms with Crippen molar-refractivity contribution >= 4 is 39.3 Å².